The number of nitrogens with zero attached hydrogens (tertiary/aromatic N) is 1. The first-order chi connectivity index (χ1) is 9.49. The number of carboxylic acids is 1. The predicted molar refractivity (Wildman–Crippen MR) is 84.7 cm³/mol. The molecule has 0 bridgehead atoms. The first-order valence-electron chi connectivity index (χ1n) is 6.54. The molecule has 0 aliphatic carbocycles. The third-order valence-corrected chi connectivity index (χ3v) is 4.54. The van der Waals surface area contributed by atoms with Crippen molar-refractivity contribution < 1.29 is 14.7 Å². The van der Waals surface area contributed by atoms with Crippen LogP contribution in [0.5, 0.6) is 0 Å². The van der Waals surface area contributed by atoms with Crippen LogP contribution in [-0.4, -0.2) is 34.6 Å². The second kappa shape index (κ2) is 6.43. The molecule has 2 N–H and O–H groups in total. The highest BCUT2D eigenvalue weighted by molar-refractivity contribution is 14.1. The van der Waals surface area contributed by atoms with Gasteiger partial charge in [0, 0.05) is 16.2 Å². The zero-order valence-corrected chi connectivity index (χ0v) is 13.3. The molecule has 0 saturated carbocycles. The van der Waals surface area contributed by atoms with E-state index in [0.29, 0.717) is 19.4 Å². The molecule has 2 atom stereocenters. The molecule has 5 nitrogen and oxygen atoms in total. The lowest BCUT2D eigenvalue weighted by Crippen LogP contribution is -2.47. The first-order valence-corrected chi connectivity index (χ1v) is 7.62. The topological polar surface area (TPSA) is 69.6 Å². The number of carbonyl (C=O) groups excluding carboxylic acids is 1. The van der Waals surface area contributed by atoms with Gasteiger partial charge in [-0.1, -0.05) is 12.1 Å². The molecule has 1 aromatic rings. The van der Waals surface area contributed by atoms with Crippen LogP contribution in [0.4, 0.5) is 10.5 Å². The minimum Gasteiger partial charge on any atom is -0.481 e. The maximum absolute atomic E-state index is 12.3. The van der Waals surface area contributed by atoms with Crippen molar-refractivity contribution in [2.24, 2.45) is 5.92 Å². The number of amides is 2. The second-order valence-corrected chi connectivity index (χ2v) is 6.17. The maximum atomic E-state index is 12.3. The van der Waals surface area contributed by atoms with E-state index >= 15 is 0 Å². The van der Waals surface area contributed by atoms with E-state index in [9.17, 15) is 9.59 Å². The van der Waals surface area contributed by atoms with Crippen molar-refractivity contribution in [3.05, 3.63) is 27.8 Å². The summed E-state index contributed by atoms with van der Waals surface area (Å²) in [5.74, 6) is -1.11. The van der Waals surface area contributed by atoms with Gasteiger partial charge in [-0.05, 0) is 54.5 Å². The van der Waals surface area contributed by atoms with Crippen LogP contribution in [0.25, 0.3) is 0 Å². The van der Waals surface area contributed by atoms with Gasteiger partial charge in [0.05, 0.1) is 11.6 Å². The molecule has 1 aliphatic heterocycles. The van der Waals surface area contributed by atoms with Crippen LogP contribution in [0.3, 0.4) is 0 Å². The van der Waals surface area contributed by atoms with E-state index in [1.54, 1.807) is 4.90 Å². The van der Waals surface area contributed by atoms with Gasteiger partial charge < -0.3 is 15.3 Å². The molecule has 20 heavy (non-hydrogen) atoms. The Labute approximate surface area is 131 Å². The number of rotatable bonds is 2. The minimum atomic E-state index is -0.769. The summed E-state index contributed by atoms with van der Waals surface area (Å²) in [6, 6.07) is 7.35. The quantitative estimate of drug-likeness (QED) is 0.766. The molecule has 1 fully saturated rings. The van der Waals surface area contributed by atoms with Gasteiger partial charge in [0.25, 0.3) is 0 Å². The molecule has 1 saturated heterocycles. The van der Waals surface area contributed by atoms with Crippen LogP contribution in [0.15, 0.2) is 24.3 Å². The van der Waals surface area contributed by atoms with Gasteiger partial charge in [-0.15, -0.1) is 0 Å². The molecule has 1 heterocycles. The molecule has 1 aliphatic rings. The Balaban J connectivity index is 2.00. The molecule has 2 amide bonds. The number of piperidine rings is 1. The van der Waals surface area contributed by atoms with Crippen molar-refractivity contribution in [1.82, 2.24) is 4.90 Å². The van der Waals surface area contributed by atoms with Crippen molar-refractivity contribution in [1.29, 1.82) is 0 Å². The Bertz CT molecular complexity index is 521. The number of urea groups is 1. The third-order valence-electron chi connectivity index (χ3n) is 3.60. The van der Waals surface area contributed by atoms with E-state index in [1.165, 1.54) is 0 Å². The monoisotopic (exact) mass is 388 g/mol. The molecule has 108 valence electrons. The Morgan fingerprint density at radius 2 is 2.10 bits per heavy atom. The highest BCUT2D eigenvalue weighted by Crippen LogP contribution is 2.24. The van der Waals surface area contributed by atoms with Crippen molar-refractivity contribution >= 4 is 40.3 Å². The summed E-state index contributed by atoms with van der Waals surface area (Å²) >= 11 is 2.17. The first kappa shape index (κ1) is 15.1. The van der Waals surface area contributed by atoms with E-state index in [0.717, 1.165) is 9.26 Å². The predicted octanol–water partition coefficient (Wildman–Crippen LogP) is 3.01. The van der Waals surface area contributed by atoms with Gasteiger partial charge in [0.2, 0.25) is 0 Å². The number of hydrogen-bond donors (Lipinski definition) is 2. The van der Waals surface area contributed by atoms with E-state index in [2.05, 4.69) is 27.9 Å². The lowest BCUT2D eigenvalue weighted by Gasteiger charge is -2.36. The number of hydrogen-bond acceptors (Lipinski definition) is 2. The Hall–Kier alpha value is -1.31. The van der Waals surface area contributed by atoms with Crippen LogP contribution >= 0.6 is 22.6 Å². The molecular weight excluding hydrogens is 371 g/mol. The number of anilines is 1. The lowest BCUT2D eigenvalue weighted by atomic mass is 9.92. The van der Waals surface area contributed by atoms with Crippen LogP contribution in [0.1, 0.15) is 19.8 Å². The number of nitrogens with one attached hydrogen (secondary N) is 1. The summed E-state index contributed by atoms with van der Waals surface area (Å²) in [7, 11) is 0. The fourth-order valence-electron chi connectivity index (χ4n) is 2.45. The summed E-state index contributed by atoms with van der Waals surface area (Å²) in [6.45, 7) is 2.37. The standard InChI is InChI=1S/C14H17IN2O3/c1-9-8-10(13(18)19)6-7-17(9)14(20)16-12-5-3-2-4-11(12)15/h2-5,9-10H,6-8H2,1H3,(H,16,20)(H,18,19). The van der Waals surface area contributed by atoms with Gasteiger partial charge in [-0.25, -0.2) is 4.79 Å². The molecule has 2 rings (SSSR count). The molecule has 0 radical (unpaired) electrons. The zero-order chi connectivity index (χ0) is 14.7. The molecule has 0 spiro atoms. The highest BCUT2D eigenvalue weighted by Gasteiger charge is 2.32. The van der Waals surface area contributed by atoms with Crippen molar-refractivity contribution in [2.45, 2.75) is 25.8 Å². The third kappa shape index (κ3) is 3.41. The Morgan fingerprint density at radius 1 is 1.40 bits per heavy atom. The second-order valence-electron chi connectivity index (χ2n) is 5.01. The van der Waals surface area contributed by atoms with Crippen LogP contribution in [-0.2, 0) is 4.79 Å². The van der Waals surface area contributed by atoms with E-state index in [4.69, 9.17) is 5.11 Å². The van der Waals surface area contributed by atoms with E-state index in [1.807, 2.05) is 31.2 Å². The lowest BCUT2D eigenvalue weighted by molar-refractivity contribution is -0.143. The van der Waals surface area contributed by atoms with Gasteiger partial charge in [-0.3, -0.25) is 4.79 Å². The normalized spacial score (nSPS) is 22.4. The average molecular weight is 388 g/mol. The molecule has 1 aromatic carbocycles. The average Bonchev–Trinajstić information content (AvgIpc) is 2.41. The van der Waals surface area contributed by atoms with Gasteiger partial charge in [-0.2, -0.15) is 0 Å². The number of para-hydroxylation sites is 1. The maximum Gasteiger partial charge on any atom is 0.322 e. The number of likely N-dealkylation sites (tertiary alicyclic amines) is 1. The smallest absolute Gasteiger partial charge is 0.322 e. The fraction of sp³-hybridized carbons (Fsp3) is 0.429. The summed E-state index contributed by atoms with van der Waals surface area (Å²) in [5, 5.41) is 11.9. The van der Waals surface area contributed by atoms with Crippen LogP contribution in [0.2, 0.25) is 0 Å². The van der Waals surface area contributed by atoms with Crippen LogP contribution in [0, 0.1) is 9.49 Å². The Morgan fingerprint density at radius 3 is 2.70 bits per heavy atom. The van der Waals surface area contributed by atoms with Crippen LogP contribution < -0.4 is 5.32 Å². The van der Waals surface area contributed by atoms with Crippen molar-refractivity contribution in [3.63, 3.8) is 0 Å². The number of benzene rings is 1. The summed E-state index contributed by atoms with van der Waals surface area (Å²) < 4.78 is 0.978. The summed E-state index contributed by atoms with van der Waals surface area (Å²) in [6.07, 6.45) is 1.02. The molecular formula is C14H17IN2O3. The number of aliphatic carboxylic acids is 1. The summed E-state index contributed by atoms with van der Waals surface area (Å²) in [5.41, 5.74) is 0.783. The minimum absolute atomic E-state index is 0.0637. The van der Waals surface area contributed by atoms with E-state index in [-0.39, 0.29) is 18.0 Å². The molecule has 6 heteroatoms. The largest absolute Gasteiger partial charge is 0.481 e. The van der Waals surface area contributed by atoms with Gasteiger partial charge in [0.15, 0.2) is 0 Å². The van der Waals surface area contributed by atoms with E-state index < -0.39 is 5.97 Å². The fourth-order valence-corrected chi connectivity index (χ4v) is 2.97. The zero-order valence-electron chi connectivity index (χ0n) is 11.2. The SMILES string of the molecule is CC1CC(C(=O)O)CCN1C(=O)Nc1ccccc1I. The number of carbonyl (C=O) groups is 2. The van der Waals surface area contributed by atoms with Crippen molar-refractivity contribution in [2.75, 3.05) is 11.9 Å². The summed E-state index contributed by atoms with van der Waals surface area (Å²) in [4.78, 5) is 25.0. The number of carboxylic acid groups (broad SMARTS) is 1. The molecule has 0 aromatic heterocycles. The highest BCUT2D eigenvalue weighted by atomic mass is 127. The van der Waals surface area contributed by atoms with Crippen molar-refractivity contribution in [3.8, 4) is 0 Å². The van der Waals surface area contributed by atoms with Gasteiger partial charge >= 0.3 is 12.0 Å². The van der Waals surface area contributed by atoms with Gasteiger partial charge in [0.1, 0.15) is 0 Å². The number of halogens is 1. The molecule has 2 unspecified atom stereocenters. The Kier molecular flexibility index (Phi) is 4.85.